The Morgan fingerprint density at radius 1 is 1.03 bits per heavy atom. The number of aromatic nitrogens is 5. The second kappa shape index (κ2) is 10.5. The summed E-state index contributed by atoms with van der Waals surface area (Å²) in [6.07, 6.45) is 7.23. The third kappa shape index (κ3) is 4.54. The summed E-state index contributed by atoms with van der Waals surface area (Å²) >= 11 is 0. The van der Waals surface area contributed by atoms with Crippen LogP contribution in [0.4, 0.5) is 5.69 Å². The molecular weight excluding hydrogens is 476 g/mol. The number of hydrogen-bond donors (Lipinski definition) is 0. The normalized spacial score (nSPS) is 19.3. The predicted octanol–water partition coefficient (Wildman–Crippen LogP) is 4.69. The number of rotatable bonds is 7. The molecule has 0 amide bonds. The van der Waals surface area contributed by atoms with Crippen LogP contribution < -0.4 is 10.5 Å². The lowest BCUT2D eigenvalue weighted by atomic mass is 9.96. The van der Waals surface area contributed by atoms with E-state index < -0.39 is 0 Å². The van der Waals surface area contributed by atoms with Crippen molar-refractivity contribution < 1.29 is 0 Å². The molecule has 4 aromatic rings. The summed E-state index contributed by atoms with van der Waals surface area (Å²) in [5, 5.41) is 14.1. The lowest BCUT2D eigenvalue weighted by Crippen LogP contribution is -2.58. The molecule has 3 atom stereocenters. The van der Waals surface area contributed by atoms with E-state index in [1.165, 1.54) is 5.56 Å². The molecule has 0 bridgehead atoms. The third-order valence-electron chi connectivity index (χ3n) is 7.96. The predicted molar refractivity (Wildman–Crippen MR) is 150 cm³/mol. The van der Waals surface area contributed by atoms with E-state index in [0.717, 1.165) is 53.7 Å². The Balaban J connectivity index is 1.53. The van der Waals surface area contributed by atoms with Gasteiger partial charge in [0.05, 0.1) is 34.5 Å². The van der Waals surface area contributed by atoms with Crippen LogP contribution in [0.15, 0.2) is 47.7 Å². The third-order valence-corrected chi connectivity index (χ3v) is 7.96. The number of anilines is 1. The number of piperazine rings is 1. The first kappa shape index (κ1) is 25.9. The molecule has 1 fully saturated rings. The van der Waals surface area contributed by atoms with Crippen LogP contribution in [0, 0.1) is 11.3 Å². The van der Waals surface area contributed by atoms with Gasteiger partial charge in [0.25, 0.3) is 5.56 Å². The van der Waals surface area contributed by atoms with Gasteiger partial charge in [-0.1, -0.05) is 19.9 Å². The number of pyridine rings is 1. The fourth-order valence-corrected chi connectivity index (χ4v) is 5.93. The largest absolute Gasteiger partial charge is 0.364 e. The Kier molecular flexibility index (Phi) is 7.17. The van der Waals surface area contributed by atoms with Crippen molar-refractivity contribution in [2.75, 3.05) is 18.0 Å². The van der Waals surface area contributed by atoms with Gasteiger partial charge in [-0.2, -0.15) is 10.4 Å². The monoisotopic (exact) mass is 512 g/mol. The maximum absolute atomic E-state index is 13.3. The molecule has 0 N–H and O–H groups in total. The Bertz CT molecular complexity index is 1550. The van der Waals surface area contributed by atoms with Crippen LogP contribution in [-0.4, -0.2) is 54.4 Å². The first-order valence-corrected chi connectivity index (χ1v) is 13.6. The average molecular weight is 513 g/mol. The molecule has 1 unspecified atom stereocenters. The van der Waals surface area contributed by atoms with Crippen LogP contribution in [0.3, 0.4) is 0 Å². The SMILES string of the molecule is CC[C@H]1CN(C(C)c2ccc3nccnc3c2)[C@H](CC)CN1c1cc(=O)n(C(C)C)c2cn(CC#N)nc12. The van der Waals surface area contributed by atoms with Gasteiger partial charge in [-0.15, -0.1) is 0 Å². The summed E-state index contributed by atoms with van der Waals surface area (Å²) < 4.78 is 3.42. The highest BCUT2D eigenvalue weighted by atomic mass is 16.1. The summed E-state index contributed by atoms with van der Waals surface area (Å²) in [6, 6.07) is 11.0. The second-order valence-corrected chi connectivity index (χ2v) is 10.5. The molecule has 9 heteroatoms. The van der Waals surface area contributed by atoms with Crippen molar-refractivity contribution in [3.63, 3.8) is 0 Å². The van der Waals surface area contributed by atoms with Crippen molar-refractivity contribution >= 4 is 27.8 Å². The van der Waals surface area contributed by atoms with Gasteiger partial charge in [0, 0.05) is 55.7 Å². The summed E-state index contributed by atoms with van der Waals surface area (Å²) in [4.78, 5) is 27.3. The molecule has 1 saturated heterocycles. The minimum atomic E-state index is -0.0324. The number of nitriles is 1. The fourth-order valence-electron chi connectivity index (χ4n) is 5.93. The van der Waals surface area contributed by atoms with Gasteiger partial charge in [-0.3, -0.25) is 24.3 Å². The average Bonchev–Trinajstić information content (AvgIpc) is 3.34. The maximum Gasteiger partial charge on any atom is 0.253 e. The van der Waals surface area contributed by atoms with Gasteiger partial charge >= 0.3 is 0 Å². The molecule has 38 heavy (non-hydrogen) atoms. The highest BCUT2D eigenvalue weighted by Crippen LogP contribution is 2.35. The number of nitrogens with zero attached hydrogens (tertiary/aromatic N) is 8. The topological polar surface area (TPSA) is 95.9 Å². The molecule has 0 spiro atoms. The molecule has 1 aromatic carbocycles. The van der Waals surface area contributed by atoms with Crippen LogP contribution in [0.2, 0.25) is 0 Å². The van der Waals surface area contributed by atoms with E-state index in [4.69, 9.17) is 5.10 Å². The highest BCUT2D eigenvalue weighted by Gasteiger charge is 2.36. The minimum Gasteiger partial charge on any atom is -0.364 e. The zero-order chi connectivity index (χ0) is 27.0. The Morgan fingerprint density at radius 2 is 1.76 bits per heavy atom. The van der Waals surface area contributed by atoms with Crippen molar-refractivity contribution in [1.82, 2.24) is 29.2 Å². The summed E-state index contributed by atoms with van der Waals surface area (Å²) in [5.41, 5.74) is 5.47. The molecule has 3 aromatic heterocycles. The van der Waals surface area contributed by atoms with Gasteiger partial charge < -0.3 is 9.47 Å². The van der Waals surface area contributed by atoms with Gasteiger partial charge in [-0.05, 0) is 51.3 Å². The Labute approximate surface area is 223 Å². The molecule has 0 saturated carbocycles. The molecule has 0 aliphatic carbocycles. The molecule has 9 nitrogen and oxygen atoms in total. The van der Waals surface area contributed by atoms with Gasteiger partial charge in [-0.25, -0.2) is 0 Å². The number of benzene rings is 1. The van der Waals surface area contributed by atoms with Gasteiger partial charge in [0.2, 0.25) is 0 Å². The van der Waals surface area contributed by atoms with Crippen LogP contribution in [0.1, 0.15) is 65.1 Å². The van der Waals surface area contributed by atoms with Crippen LogP contribution in [0.25, 0.3) is 22.1 Å². The van der Waals surface area contributed by atoms with E-state index in [2.05, 4.69) is 64.8 Å². The lowest BCUT2D eigenvalue weighted by molar-refractivity contribution is 0.101. The van der Waals surface area contributed by atoms with E-state index in [9.17, 15) is 10.1 Å². The van der Waals surface area contributed by atoms with Crippen molar-refractivity contribution in [3.05, 3.63) is 58.8 Å². The minimum absolute atomic E-state index is 0.00603. The van der Waals surface area contributed by atoms with Gasteiger partial charge in [0.1, 0.15) is 12.1 Å². The van der Waals surface area contributed by atoms with E-state index in [-0.39, 0.29) is 30.2 Å². The molecule has 0 radical (unpaired) electrons. The molecule has 1 aliphatic rings. The van der Waals surface area contributed by atoms with Crippen molar-refractivity contribution in [3.8, 4) is 6.07 Å². The first-order chi connectivity index (χ1) is 18.4. The van der Waals surface area contributed by atoms with E-state index >= 15 is 0 Å². The summed E-state index contributed by atoms with van der Waals surface area (Å²) in [5.74, 6) is 0. The molecule has 4 heterocycles. The summed E-state index contributed by atoms with van der Waals surface area (Å²) in [7, 11) is 0. The van der Waals surface area contributed by atoms with Crippen LogP contribution in [-0.2, 0) is 6.54 Å². The second-order valence-electron chi connectivity index (χ2n) is 10.5. The van der Waals surface area contributed by atoms with Gasteiger partial charge in [0.15, 0.2) is 0 Å². The van der Waals surface area contributed by atoms with E-state index in [0.29, 0.717) is 6.04 Å². The molecule has 5 rings (SSSR count). The molecule has 198 valence electrons. The van der Waals surface area contributed by atoms with Crippen molar-refractivity contribution in [1.29, 1.82) is 5.26 Å². The highest BCUT2D eigenvalue weighted by molar-refractivity contribution is 5.88. The van der Waals surface area contributed by atoms with Crippen molar-refractivity contribution in [2.24, 2.45) is 0 Å². The zero-order valence-electron chi connectivity index (χ0n) is 22.9. The number of fused-ring (bicyclic) bond motifs is 2. The Hall–Kier alpha value is -3.77. The lowest BCUT2D eigenvalue weighted by Gasteiger charge is -2.49. The molecular formula is C29H36N8O. The quantitative estimate of drug-likeness (QED) is 0.355. The van der Waals surface area contributed by atoms with E-state index in [1.807, 2.05) is 20.0 Å². The van der Waals surface area contributed by atoms with Crippen molar-refractivity contribution in [2.45, 2.75) is 78.2 Å². The van der Waals surface area contributed by atoms with Crippen LogP contribution in [0.5, 0.6) is 0 Å². The Morgan fingerprint density at radius 3 is 2.45 bits per heavy atom. The smallest absolute Gasteiger partial charge is 0.253 e. The fraction of sp³-hybridized carbons (Fsp3) is 0.483. The summed E-state index contributed by atoms with van der Waals surface area (Å²) in [6.45, 7) is 12.5. The number of hydrogen-bond acceptors (Lipinski definition) is 7. The zero-order valence-corrected chi connectivity index (χ0v) is 22.9. The maximum atomic E-state index is 13.3. The first-order valence-electron chi connectivity index (χ1n) is 13.6. The van der Waals surface area contributed by atoms with Crippen LogP contribution >= 0.6 is 0 Å². The standard InChI is InChI=1S/C29H36N8O/c1-6-22-17-36(26-15-28(38)37(19(3)4)27-18-34(13-10-30)33-29(26)27)23(7-2)16-35(22)20(5)21-8-9-24-25(14-21)32-12-11-31-24/h8-9,11-12,14-15,18-20,22-23H,6-7,13,16-17H2,1-5H3/t20?,22-,23+/m1/s1. The molecule has 1 aliphatic heterocycles. The van der Waals surface area contributed by atoms with E-state index in [1.54, 1.807) is 27.7 Å².